The van der Waals surface area contributed by atoms with Gasteiger partial charge in [-0.25, -0.2) is 13.4 Å². The Labute approximate surface area is 140 Å². The highest BCUT2D eigenvalue weighted by Gasteiger charge is 2.80. The lowest BCUT2D eigenvalue weighted by atomic mass is 9.90. The fraction of sp³-hybridized carbons (Fsp3) is 0.500. The molecule has 4 rings (SSSR count). The number of epoxide rings is 1. The van der Waals surface area contributed by atoms with Crippen LogP contribution in [0.4, 0.5) is 0 Å². The molecule has 8 heteroatoms. The lowest BCUT2D eigenvalue weighted by molar-refractivity contribution is -0.153. The summed E-state index contributed by atoms with van der Waals surface area (Å²) in [5.41, 5.74) is 1.27. The van der Waals surface area contributed by atoms with Gasteiger partial charge in [-0.3, -0.25) is 4.79 Å². The molecule has 0 radical (unpaired) electrons. The van der Waals surface area contributed by atoms with Crippen molar-refractivity contribution in [1.29, 1.82) is 0 Å². The number of nitrogens with zero attached hydrogens (tertiary/aromatic N) is 2. The summed E-state index contributed by atoms with van der Waals surface area (Å²) in [7, 11) is -0.623. The Morgan fingerprint density at radius 1 is 1.29 bits per heavy atom. The van der Waals surface area contributed by atoms with Crippen LogP contribution in [0.3, 0.4) is 0 Å². The van der Waals surface area contributed by atoms with E-state index < -0.39 is 27.1 Å². The highest BCUT2D eigenvalue weighted by molar-refractivity contribution is 7.90. The van der Waals surface area contributed by atoms with Crippen molar-refractivity contribution >= 4 is 22.0 Å². The zero-order chi connectivity index (χ0) is 17.3. The summed E-state index contributed by atoms with van der Waals surface area (Å²) in [6.07, 6.45) is 5.35. The molecule has 0 N–H and O–H groups in total. The van der Waals surface area contributed by atoms with Gasteiger partial charge in [-0.05, 0) is 36.5 Å². The van der Waals surface area contributed by atoms with E-state index in [9.17, 15) is 13.2 Å². The van der Waals surface area contributed by atoms with E-state index in [2.05, 4.69) is 5.10 Å². The zero-order valence-electron chi connectivity index (χ0n) is 13.7. The first-order valence-electron chi connectivity index (χ1n) is 7.70. The Hall–Kier alpha value is -1.77. The molecule has 2 heterocycles. The fourth-order valence-corrected chi connectivity index (χ4v) is 4.70. The van der Waals surface area contributed by atoms with Crippen LogP contribution in [0.2, 0.25) is 0 Å². The lowest BCUT2D eigenvalue weighted by Crippen LogP contribution is -2.46. The molecule has 1 saturated heterocycles. The molecule has 3 aliphatic rings. The van der Waals surface area contributed by atoms with E-state index >= 15 is 0 Å². The average Bonchev–Trinajstić information content (AvgIpc) is 3.01. The van der Waals surface area contributed by atoms with Gasteiger partial charge in [0, 0.05) is 26.0 Å². The summed E-state index contributed by atoms with van der Waals surface area (Å²) >= 11 is 0. The average molecular weight is 350 g/mol. The summed E-state index contributed by atoms with van der Waals surface area (Å²) in [6, 6.07) is 3.55. The van der Waals surface area contributed by atoms with Gasteiger partial charge < -0.3 is 9.47 Å². The van der Waals surface area contributed by atoms with E-state index in [0.29, 0.717) is 5.56 Å². The summed E-state index contributed by atoms with van der Waals surface area (Å²) in [4.78, 5) is 12.7. The number of fused-ring (bicyclic) bond motifs is 2. The van der Waals surface area contributed by atoms with Crippen LogP contribution < -0.4 is 0 Å². The maximum Gasteiger partial charge on any atom is 0.306 e. The van der Waals surface area contributed by atoms with E-state index in [0.717, 1.165) is 41.7 Å². The van der Waals surface area contributed by atoms with Crippen molar-refractivity contribution in [2.75, 3.05) is 20.4 Å². The van der Waals surface area contributed by atoms with Crippen molar-refractivity contribution in [3.63, 3.8) is 0 Å². The molecule has 128 valence electrons. The second-order valence-corrected chi connectivity index (χ2v) is 8.46. The third kappa shape index (κ3) is 1.81. The quantitative estimate of drug-likeness (QED) is 0.745. The highest BCUT2D eigenvalue weighted by atomic mass is 32.2. The predicted molar refractivity (Wildman–Crippen MR) is 85.3 cm³/mol. The lowest BCUT2D eigenvalue weighted by Gasteiger charge is -2.25. The molecule has 1 aliphatic carbocycles. The van der Waals surface area contributed by atoms with Crippen molar-refractivity contribution in [3.05, 3.63) is 28.8 Å². The van der Waals surface area contributed by atoms with Gasteiger partial charge in [0.25, 0.3) is 5.79 Å². The largest absolute Gasteiger partial charge is 0.343 e. The van der Waals surface area contributed by atoms with Crippen molar-refractivity contribution in [2.45, 2.75) is 35.5 Å². The van der Waals surface area contributed by atoms with Gasteiger partial charge in [-0.2, -0.15) is 5.10 Å². The fourth-order valence-electron chi connectivity index (χ4n) is 3.73. The minimum Gasteiger partial charge on any atom is -0.343 e. The van der Waals surface area contributed by atoms with Crippen LogP contribution in [0.1, 0.15) is 23.1 Å². The Balaban J connectivity index is 1.98. The molecule has 2 unspecified atom stereocenters. The number of benzene rings is 1. The number of amides is 1. The molecule has 1 fully saturated rings. The van der Waals surface area contributed by atoms with Crippen molar-refractivity contribution < 1.29 is 22.7 Å². The predicted octanol–water partition coefficient (Wildman–Crippen LogP) is 0.605. The zero-order valence-corrected chi connectivity index (χ0v) is 14.5. The van der Waals surface area contributed by atoms with Gasteiger partial charge in [0.2, 0.25) is 0 Å². The third-order valence-corrected chi connectivity index (χ3v) is 6.16. The number of hydrogen-bond donors (Lipinski definition) is 0. The van der Waals surface area contributed by atoms with Crippen molar-refractivity contribution in [3.8, 4) is 0 Å². The number of carbonyl (C=O) groups is 1. The van der Waals surface area contributed by atoms with Gasteiger partial charge in [-0.15, -0.1) is 0 Å². The molecular weight excluding hydrogens is 332 g/mol. The molecule has 2 aliphatic heterocycles. The summed E-state index contributed by atoms with van der Waals surface area (Å²) in [6.45, 7) is 0. The molecular formula is C16H18N2O5S. The van der Waals surface area contributed by atoms with Gasteiger partial charge in [0.1, 0.15) is 0 Å². The number of ether oxygens (including phenoxy) is 2. The van der Waals surface area contributed by atoms with Crippen molar-refractivity contribution in [1.82, 2.24) is 5.01 Å². The highest BCUT2D eigenvalue weighted by Crippen LogP contribution is 2.59. The van der Waals surface area contributed by atoms with Crippen LogP contribution in [-0.4, -0.2) is 51.7 Å². The smallest absolute Gasteiger partial charge is 0.306 e. The number of carbonyl (C=O) groups excluding carboxylic acids is 1. The number of hydrogen-bond acceptors (Lipinski definition) is 6. The number of hydrazone groups is 1. The summed E-state index contributed by atoms with van der Waals surface area (Å²) in [5, 5.41) is 5.19. The van der Waals surface area contributed by atoms with Crippen LogP contribution >= 0.6 is 0 Å². The minimum atomic E-state index is -3.50. The number of methoxy groups -OCH3 is 1. The van der Waals surface area contributed by atoms with Gasteiger partial charge in [0.15, 0.2) is 15.4 Å². The first kappa shape index (κ1) is 15.7. The van der Waals surface area contributed by atoms with Crippen LogP contribution in [0.15, 0.2) is 22.1 Å². The molecule has 24 heavy (non-hydrogen) atoms. The van der Waals surface area contributed by atoms with Crippen LogP contribution in [-0.2, 0) is 42.5 Å². The Bertz CT molecular complexity index is 894. The molecule has 2 atom stereocenters. The maximum atomic E-state index is 12.5. The molecule has 1 amide bonds. The topological polar surface area (TPSA) is 88.6 Å². The van der Waals surface area contributed by atoms with E-state index in [1.54, 1.807) is 6.07 Å². The van der Waals surface area contributed by atoms with Crippen LogP contribution in [0, 0.1) is 0 Å². The standard InChI is InChI=1S/C16H18N2O5S/c1-18-14(19)16(22-2)15(23-16,9-17-18)12-7-10-5-4-6-11(10)8-13(12)24(3,20)21/h7-9H,4-6H2,1-3H3. The number of rotatable bonds is 3. The Morgan fingerprint density at radius 2 is 1.96 bits per heavy atom. The molecule has 0 aromatic heterocycles. The molecule has 0 saturated carbocycles. The van der Waals surface area contributed by atoms with E-state index in [1.165, 1.54) is 20.4 Å². The Kier molecular flexibility index (Phi) is 3.05. The first-order valence-corrected chi connectivity index (χ1v) is 9.59. The third-order valence-electron chi connectivity index (χ3n) is 5.02. The van der Waals surface area contributed by atoms with E-state index in [1.807, 2.05) is 6.07 Å². The van der Waals surface area contributed by atoms with Gasteiger partial charge in [-0.1, -0.05) is 6.07 Å². The van der Waals surface area contributed by atoms with Gasteiger partial charge >= 0.3 is 5.91 Å². The van der Waals surface area contributed by atoms with E-state index in [-0.39, 0.29) is 4.90 Å². The monoisotopic (exact) mass is 350 g/mol. The van der Waals surface area contributed by atoms with Crippen LogP contribution in [0.5, 0.6) is 0 Å². The SMILES string of the molecule is COC12OC1(c1cc3c(cc1S(C)(=O)=O)CCC3)C=NN(C)C2=O. The first-order chi connectivity index (χ1) is 11.2. The maximum absolute atomic E-state index is 12.5. The summed E-state index contributed by atoms with van der Waals surface area (Å²) in [5.74, 6) is -2.00. The number of likely N-dealkylation sites (N-methyl/N-ethyl adjacent to an activating group) is 1. The second-order valence-electron chi connectivity index (χ2n) is 6.47. The minimum absolute atomic E-state index is 0.172. The Morgan fingerprint density at radius 3 is 2.58 bits per heavy atom. The summed E-state index contributed by atoms with van der Waals surface area (Å²) < 4.78 is 35.8. The second kappa shape index (κ2) is 4.65. The molecule has 7 nitrogen and oxygen atoms in total. The number of sulfone groups is 1. The molecule has 0 spiro atoms. The molecule has 0 bridgehead atoms. The molecule has 1 aromatic carbocycles. The van der Waals surface area contributed by atoms with E-state index in [4.69, 9.17) is 9.47 Å². The van der Waals surface area contributed by atoms with Crippen molar-refractivity contribution in [2.24, 2.45) is 5.10 Å². The van der Waals surface area contributed by atoms with Gasteiger partial charge in [0.05, 0.1) is 11.1 Å². The molecule has 1 aromatic rings. The normalized spacial score (nSPS) is 31.1. The van der Waals surface area contributed by atoms with Crippen LogP contribution in [0.25, 0.3) is 0 Å². The number of aryl methyl sites for hydroxylation is 2.